The summed E-state index contributed by atoms with van der Waals surface area (Å²) in [6.07, 6.45) is -0.725. The fourth-order valence-corrected chi connectivity index (χ4v) is 3.55. The lowest BCUT2D eigenvalue weighted by Gasteiger charge is -2.34. The molecule has 1 aromatic carbocycles. The van der Waals surface area contributed by atoms with E-state index in [4.69, 9.17) is 4.74 Å². The first-order chi connectivity index (χ1) is 14.7. The molecular weight excluding hydrogens is 412 g/mol. The fraction of sp³-hybridized carbons (Fsp3) is 0.565. The maximum atomic E-state index is 13.3. The van der Waals surface area contributed by atoms with Crippen LogP contribution in [0.15, 0.2) is 24.3 Å². The van der Waals surface area contributed by atoms with Crippen molar-refractivity contribution in [2.75, 3.05) is 7.05 Å². The molecule has 4 amide bonds. The quantitative estimate of drug-likeness (QED) is 0.723. The van der Waals surface area contributed by atoms with E-state index in [9.17, 15) is 19.2 Å². The molecule has 1 aliphatic heterocycles. The van der Waals surface area contributed by atoms with Crippen LogP contribution in [-0.4, -0.2) is 58.6 Å². The monoisotopic (exact) mass is 446 g/mol. The molecule has 9 heteroatoms. The number of nitrogens with zero attached hydrogens (tertiary/aromatic N) is 2. The van der Waals surface area contributed by atoms with Crippen LogP contribution in [-0.2, 0) is 14.3 Å². The van der Waals surface area contributed by atoms with Crippen LogP contribution in [0.1, 0.15) is 70.4 Å². The molecule has 0 spiro atoms. The molecule has 176 valence electrons. The summed E-state index contributed by atoms with van der Waals surface area (Å²) in [5, 5.41) is 7.94. The molecule has 0 saturated heterocycles. The maximum Gasteiger partial charge on any atom is 0.408 e. The van der Waals surface area contributed by atoms with Crippen molar-refractivity contribution in [1.29, 1.82) is 0 Å². The van der Waals surface area contributed by atoms with Crippen molar-refractivity contribution in [3.8, 4) is 0 Å². The summed E-state index contributed by atoms with van der Waals surface area (Å²) in [6, 6.07) is 4.43. The van der Waals surface area contributed by atoms with E-state index in [0.717, 1.165) is 0 Å². The fourth-order valence-electron chi connectivity index (χ4n) is 3.55. The molecule has 2 N–H and O–H groups in total. The number of ether oxygens (including phenoxy) is 1. The van der Waals surface area contributed by atoms with Gasteiger partial charge in [0.1, 0.15) is 17.7 Å². The van der Waals surface area contributed by atoms with Crippen molar-refractivity contribution in [2.24, 2.45) is 5.92 Å². The molecule has 0 aromatic heterocycles. The highest BCUT2D eigenvalue weighted by Gasteiger charge is 2.40. The number of fused-ring (bicyclic) bond motifs is 1. The summed E-state index contributed by atoms with van der Waals surface area (Å²) in [6.45, 7) is 12.4. The average Bonchev–Trinajstić information content (AvgIpc) is 2.74. The highest BCUT2D eigenvalue weighted by atomic mass is 16.6. The van der Waals surface area contributed by atoms with E-state index in [0.29, 0.717) is 11.1 Å². The van der Waals surface area contributed by atoms with Gasteiger partial charge in [-0.1, -0.05) is 32.0 Å². The molecule has 0 aliphatic carbocycles. The second-order valence-electron chi connectivity index (χ2n) is 9.50. The number of amides is 4. The molecule has 1 unspecified atom stereocenters. The van der Waals surface area contributed by atoms with Gasteiger partial charge in [-0.25, -0.2) is 9.80 Å². The summed E-state index contributed by atoms with van der Waals surface area (Å²) in [5.74, 6) is -1.59. The first-order valence-corrected chi connectivity index (χ1v) is 10.7. The molecule has 0 saturated carbocycles. The van der Waals surface area contributed by atoms with Crippen molar-refractivity contribution in [1.82, 2.24) is 20.7 Å². The Kier molecular flexibility index (Phi) is 7.54. The molecular formula is C23H34N4O5. The van der Waals surface area contributed by atoms with Gasteiger partial charge in [0.15, 0.2) is 0 Å². The normalized spacial score (nSPS) is 17.8. The lowest BCUT2D eigenvalue weighted by atomic mass is 9.98. The lowest BCUT2D eigenvalue weighted by molar-refractivity contribution is -0.147. The third-order valence-electron chi connectivity index (χ3n) is 5.00. The van der Waals surface area contributed by atoms with Crippen LogP contribution in [0.3, 0.4) is 0 Å². The van der Waals surface area contributed by atoms with Gasteiger partial charge in [0.2, 0.25) is 5.91 Å². The molecule has 2 rings (SSSR count). The van der Waals surface area contributed by atoms with Crippen LogP contribution in [0.2, 0.25) is 0 Å². The summed E-state index contributed by atoms with van der Waals surface area (Å²) in [4.78, 5) is 51.9. The number of likely N-dealkylation sites (N-methyl/N-ethyl adjacent to an activating group) is 1. The Hall–Kier alpha value is -3.10. The summed E-state index contributed by atoms with van der Waals surface area (Å²) >= 11 is 0. The Morgan fingerprint density at radius 1 is 1.06 bits per heavy atom. The van der Waals surface area contributed by atoms with Gasteiger partial charge in [0, 0.05) is 18.7 Å². The predicted octanol–water partition coefficient (Wildman–Crippen LogP) is 2.63. The first-order valence-electron chi connectivity index (χ1n) is 10.7. The highest BCUT2D eigenvalue weighted by Crippen LogP contribution is 2.28. The smallest absolute Gasteiger partial charge is 0.408 e. The van der Waals surface area contributed by atoms with E-state index >= 15 is 0 Å². The predicted molar refractivity (Wildman–Crippen MR) is 119 cm³/mol. The first kappa shape index (κ1) is 25.2. The molecule has 1 aromatic rings. The van der Waals surface area contributed by atoms with E-state index < -0.39 is 35.6 Å². The van der Waals surface area contributed by atoms with E-state index in [1.165, 1.54) is 17.1 Å². The van der Waals surface area contributed by atoms with Crippen LogP contribution in [0.4, 0.5) is 4.79 Å². The minimum absolute atomic E-state index is 0.267. The number of hydrogen-bond acceptors (Lipinski definition) is 5. The number of hydrogen-bond donors (Lipinski definition) is 2. The van der Waals surface area contributed by atoms with Gasteiger partial charge in [-0.15, -0.1) is 0 Å². The molecule has 9 nitrogen and oxygen atoms in total. The zero-order valence-corrected chi connectivity index (χ0v) is 20.1. The molecule has 1 heterocycles. The number of nitrogens with one attached hydrogen (secondary N) is 2. The molecule has 2 atom stereocenters. The van der Waals surface area contributed by atoms with Crippen molar-refractivity contribution in [3.63, 3.8) is 0 Å². The second-order valence-corrected chi connectivity index (χ2v) is 9.50. The lowest BCUT2D eigenvalue weighted by Crippen LogP contribution is -2.55. The molecule has 0 fully saturated rings. The van der Waals surface area contributed by atoms with Crippen LogP contribution in [0, 0.1) is 5.92 Å². The van der Waals surface area contributed by atoms with Gasteiger partial charge in [0.05, 0.1) is 0 Å². The van der Waals surface area contributed by atoms with Gasteiger partial charge in [-0.3, -0.25) is 19.4 Å². The second kappa shape index (κ2) is 9.58. The Balaban J connectivity index is 2.37. The Morgan fingerprint density at radius 3 is 2.19 bits per heavy atom. The van der Waals surface area contributed by atoms with E-state index in [2.05, 4.69) is 10.6 Å². The van der Waals surface area contributed by atoms with Gasteiger partial charge in [-0.2, -0.15) is 0 Å². The third-order valence-corrected chi connectivity index (χ3v) is 5.00. The number of rotatable bonds is 5. The Bertz CT molecular complexity index is 891. The number of benzene rings is 1. The summed E-state index contributed by atoms with van der Waals surface area (Å²) in [7, 11) is 1.50. The number of carbonyl (C=O) groups excluding carboxylic acids is 4. The molecule has 1 aliphatic rings. The van der Waals surface area contributed by atoms with E-state index in [1.54, 1.807) is 58.9 Å². The third kappa shape index (κ3) is 5.57. The Morgan fingerprint density at radius 2 is 1.66 bits per heavy atom. The van der Waals surface area contributed by atoms with Gasteiger partial charge in [0.25, 0.3) is 11.8 Å². The van der Waals surface area contributed by atoms with Crippen molar-refractivity contribution in [3.05, 3.63) is 35.4 Å². The number of alkyl carbamates (subject to hydrolysis) is 1. The van der Waals surface area contributed by atoms with Gasteiger partial charge < -0.3 is 15.4 Å². The van der Waals surface area contributed by atoms with Crippen molar-refractivity contribution >= 4 is 23.8 Å². The summed E-state index contributed by atoms with van der Waals surface area (Å²) < 4.78 is 5.27. The largest absolute Gasteiger partial charge is 0.444 e. The van der Waals surface area contributed by atoms with E-state index in [1.807, 2.05) is 13.8 Å². The minimum atomic E-state index is -1.09. The minimum Gasteiger partial charge on any atom is -0.444 e. The number of hydrazine groups is 1. The molecule has 0 bridgehead atoms. The van der Waals surface area contributed by atoms with Crippen LogP contribution in [0.25, 0.3) is 0 Å². The van der Waals surface area contributed by atoms with Gasteiger partial charge in [-0.05, 0) is 52.2 Å². The maximum absolute atomic E-state index is 13.3. The van der Waals surface area contributed by atoms with E-state index in [-0.39, 0.29) is 17.9 Å². The zero-order valence-electron chi connectivity index (χ0n) is 20.1. The van der Waals surface area contributed by atoms with Crippen molar-refractivity contribution in [2.45, 2.75) is 72.2 Å². The standard InChI is InChI=1S/C23H34N4O5/c1-13(2)17(25-22(31)32-23(5,6)7)19(28)24-18-15-11-9-10-12-16(15)20(29)27(14(3)4)26(8)21(18)30/h9-14,17-18H,1-8H3,(H,24,28)(H,25,31)/t17-,18?/m0/s1. The van der Waals surface area contributed by atoms with Crippen molar-refractivity contribution < 1.29 is 23.9 Å². The SMILES string of the molecule is CC(C)[C@H](NC(=O)OC(C)(C)C)C(=O)NC1C(=O)N(C)N(C(C)C)C(=O)c2ccccc21. The van der Waals surface area contributed by atoms with Crippen LogP contribution in [0.5, 0.6) is 0 Å². The van der Waals surface area contributed by atoms with Crippen LogP contribution >= 0.6 is 0 Å². The number of carbonyl (C=O) groups is 4. The zero-order chi connectivity index (χ0) is 24.4. The topological polar surface area (TPSA) is 108 Å². The summed E-state index contributed by atoms with van der Waals surface area (Å²) in [5.41, 5.74) is 0.0257. The highest BCUT2D eigenvalue weighted by molar-refractivity contribution is 6.02. The van der Waals surface area contributed by atoms with Gasteiger partial charge >= 0.3 is 6.09 Å². The Labute approximate surface area is 189 Å². The molecule has 0 radical (unpaired) electrons. The average molecular weight is 447 g/mol. The van der Waals surface area contributed by atoms with Crippen LogP contribution < -0.4 is 10.6 Å². The molecule has 32 heavy (non-hydrogen) atoms.